The van der Waals surface area contributed by atoms with Crippen LogP contribution in [0.15, 0.2) is 29.2 Å². The van der Waals surface area contributed by atoms with E-state index >= 15 is 0 Å². The van der Waals surface area contributed by atoms with Crippen molar-refractivity contribution in [3.8, 4) is 0 Å². The Morgan fingerprint density at radius 3 is 2.18 bits per heavy atom. The highest BCUT2D eigenvalue weighted by atomic mass is 35.5. The van der Waals surface area contributed by atoms with Crippen LogP contribution in [0.2, 0.25) is 0 Å². The predicted octanol–water partition coefficient (Wildman–Crippen LogP) is 1.12. The van der Waals surface area contributed by atoms with Crippen molar-refractivity contribution >= 4 is 28.3 Å². The molecule has 0 radical (unpaired) electrons. The summed E-state index contributed by atoms with van der Waals surface area (Å²) in [6, 6.07) is 5.70. The number of halogens is 1. The van der Waals surface area contributed by atoms with E-state index in [2.05, 4.69) is 23.9 Å². The summed E-state index contributed by atoms with van der Waals surface area (Å²) in [4.78, 5) is 12.2. The molecule has 0 saturated heterocycles. The molecule has 126 valence electrons. The number of nitrogens with one attached hydrogen (secondary N) is 2. The minimum atomic E-state index is -3.49. The van der Waals surface area contributed by atoms with Gasteiger partial charge in [0.15, 0.2) is 0 Å². The monoisotopic (exact) mass is 349 g/mol. The van der Waals surface area contributed by atoms with Gasteiger partial charge in [-0.2, -0.15) is 0 Å². The maximum atomic E-state index is 12.1. The first kappa shape index (κ1) is 20.9. The fourth-order valence-electron chi connectivity index (χ4n) is 1.96. The average Bonchev–Trinajstić information content (AvgIpc) is 2.46. The Morgan fingerprint density at radius 1 is 1.23 bits per heavy atom. The van der Waals surface area contributed by atoms with E-state index < -0.39 is 10.0 Å². The molecule has 6 nitrogen and oxygen atoms in total. The van der Waals surface area contributed by atoms with Crippen LogP contribution < -0.4 is 15.8 Å². The molecule has 0 saturated carbocycles. The summed E-state index contributed by atoms with van der Waals surface area (Å²) >= 11 is 0. The van der Waals surface area contributed by atoms with E-state index in [0.29, 0.717) is 18.0 Å². The first-order valence-electron chi connectivity index (χ1n) is 6.84. The maximum absolute atomic E-state index is 12.1. The Labute approximate surface area is 138 Å². The number of amides is 1. The number of sulfonamides is 1. The number of nitrogens with two attached hydrogens (primary N) is 1. The molecule has 1 unspecified atom stereocenters. The predicted molar refractivity (Wildman–Crippen MR) is 89.7 cm³/mol. The van der Waals surface area contributed by atoms with Gasteiger partial charge in [-0.1, -0.05) is 13.8 Å². The molecule has 1 aromatic rings. The molecule has 4 N–H and O–H groups in total. The van der Waals surface area contributed by atoms with Gasteiger partial charge in [0.2, 0.25) is 10.0 Å². The molecule has 1 aromatic carbocycles. The van der Waals surface area contributed by atoms with Crippen LogP contribution in [0.5, 0.6) is 0 Å². The second-order valence-corrected chi connectivity index (χ2v) is 7.15. The summed E-state index contributed by atoms with van der Waals surface area (Å²) in [6.45, 7) is 4.49. The molecule has 0 aromatic heterocycles. The Balaban J connectivity index is 0.00000441. The van der Waals surface area contributed by atoms with Crippen LogP contribution in [-0.4, -0.2) is 34.0 Å². The third kappa shape index (κ3) is 5.92. The first-order valence-corrected chi connectivity index (χ1v) is 8.33. The minimum absolute atomic E-state index is 0. The summed E-state index contributed by atoms with van der Waals surface area (Å²) in [5.41, 5.74) is 6.05. The van der Waals surface area contributed by atoms with Crippen LogP contribution in [0.1, 0.15) is 30.6 Å². The quantitative estimate of drug-likeness (QED) is 0.686. The van der Waals surface area contributed by atoms with Crippen molar-refractivity contribution in [1.82, 2.24) is 10.0 Å². The van der Waals surface area contributed by atoms with Crippen LogP contribution in [0.3, 0.4) is 0 Å². The first-order chi connectivity index (χ1) is 9.80. The summed E-state index contributed by atoms with van der Waals surface area (Å²) in [5.74, 6) is 0.182. The lowest BCUT2D eigenvalue weighted by Gasteiger charge is -2.18. The highest BCUT2D eigenvalue weighted by Crippen LogP contribution is 2.11. The summed E-state index contributed by atoms with van der Waals surface area (Å²) in [6.07, 6.45) is 0.800. The van der Waals surface area contributed by atoms with Crippen molar-refractivity contribution < 1.29 is 13.2 Å². The van der Waals surface area contributed by atoms with Gasteiger partial charge < -0.3 is 11.1 Å². The smallest absolute Gasteiger partial charge is 0.251 e. The van der Waals surface area contributed by atoms with E-state index in [1.165, 1.54) is 31.3 Å². The van der Waals surface area contributed by atoms with Gasteiger partial charge in [0.25, 0.3) is 5.91 Å². The molecule has 1 atom stereocenters. The van der Waals surface area contributed by atoms with Crippen LogP contribution in [0.25, 0.3) is 0 Å². The third-order valence-corrected chi connectivity index (χ3v) is 4.50. The van der Waals surface area contributed by atoms with E-state index in [-0.39, 0.29) is 29.3 Å². The van der Waals surface area contributed by atoms with Gasteiger partial charge in [0.1, 0.15) is 0 Å². The van der Waals surface area contributed by atoms with Crippen LogP contribution in [-0.2, 0) is 10.0 Å². The van der Waals surface area contributed by atoms with Crippen LogP contribution >= 0.6 is 12.4 Å². The molecular formula is C14H24ClN3O3S. The molecular weight excluding hydrogens is 326 g/mol. The van der Waals surface area contributed by atoms with E-state index in [1.807, 2.05) is 0 Å². The lowest BCUT2D eigenvalue weighted by molar-refractivity contribution is 0.0933. The molecule has 22 heavy (non-hydrogen) atoms. The molecule has 0 aliphatic rings. The zero-order valence-corrected chi connectivity index (χ0v) is 14.6. The van der Waals surface area contributed by atoms with Gasteiger partial charge >= 0.3 is 0 Å². The number of carbonyl (C=O) groups excluding carboxylic acids is 1. The second kappa shape index (κ2) is 9.09. The van der Waals surface area contributed by atoms with Crippen molar-refractivity contribution in [3.63, 3.8) is 0 Å². The van der Waals surface area contributed by atoms with E-state index in [0.717, 1.165) is 6.42 Å². The van der Waals surface area contributed by atoms with E-state index in [1.54, 1.807) is 0 Å². The van der Waals surface area contributed by atoms with Crippen molar-refractivity contribution in [2.24, 2.45) is 11.7 Å². The summed E-state index contributed by atoms with van der Waals surface area (Å²) in [7, 11) is -2.14. The SMILES string of the molecule is CNS(=O)(=O)c1ccc(C(=O)NC(CN)CC(C)C)cc1.Cl. The summed E-state index contributed by atoms with van der Waals surface area (Å²) < 4.78 is 25.4. The molecule has 0 aliphatic carbocycles. The van der Waals surface area contributed by atoms with Gasteiger partial charge in [-0.05, 0) is 43.7 Å². The number of benzene rings is 1. The summed E-state index contributed by atoms with van der Waals surface area (Å²) in [5, 5.41) is 2.86. The molecule has 0 fully saturated rings. The van der Waals surface area contributed by atoms with Crippen molar-refractivity contribution in [3.05, 3.63) is 29.8 Å². The largest absolute Gasteiger partial charge is 0.348 e. The molecule has 0 bridgehead atoms. The van der Waals surface area contributed by atoms with Crippen molar-refractivity contribution in [2.75, 3.05) is 13.6 Å². The Hall–Kier alpha value is -1.15. The zero-order valence-electron chi connectivity index (χ0n) is 13.0. The Kier molecular flexibility index (Phi) is 8.62. The second-order valence-electron chi connectivity index (χ2n) is 5.27. The zero-order chi connectivity index (χ0) is 16.0. The van der Waals surface area contributed by atoms with Gasteiger partial charge in [0.05, 0.1) is 4.90 Å². The Morgan fingerprint density at radius 2 is 1.77 bits per heavy atom. The maximum Gasteiger partial charge on any atom is 0.251 e. The van der Waals surface area contributed by atoms with Gasteiger partial charge in [-0.25, -0.2) is 13.1 Å². The molecule has 0 aliphatic heterocycles. The van der Waals surface area contributed by atoms with Gasteiger partial charge in [-0.15, -0.1) is 12.4 Å². The lowest BCUT2D eigenvalue weighted by atomic mass is 10.0. The fraction of sp³-hybridized carbons (Fsp3) is 0.500. The van der Waals surface area contributed by atoms with Crippen LogP contribution in [0, 0.1) is 5.92 Å². The topological polar surface area (TPSA) is 101 Å². The standard InChI is InChI=1S/C14H23N3O3S.ClH/c1-10(2)8-12(9-15)17-14(18)11-4-6-13(7-5-11)21(19,20)16-3;/h4-7,10,12,16H,8-9,15H2,1-3H3,(H,17,18);1H. The fourth-order valence-corrected chi connectivity index (χ4v) is 2.69. The lowest BCUT2D eigenvalue weighted by Crippen LogP contribution is -2.41. The number of rotatable bonds is 7. The highest BCUT2D eigenvalue weighted by Gasteiger charge is 2.15. The minimum Gasteiger partial charge on any atom is -0.348 e. The molecule has 8 heteroatoms. The molecule has 1 rings (SSSR count). The molecule has 0 spiro atoms. The van der Waals surface area contributed by atoms with E-state index in [9.17, 15) is 13.2 Å². The third-order valence-electron chi connectivity index (χ3n) is 3.07. The average molecular weight is 350 g/mol. The molecule has 0 heterocycles. The van der Waals surface area contributed by atoms with Crippen molar-refractivity contribution in [2.45, 2.75) is 31.2 Å². The van der Waals surface area contributed by atoms with Gasteiger partial charge in [0, 0.05) is 18.2 Å². The highest BCUT2D eigenvalue weighted by molar-refractivity contribution is 7.89. The normalized spacial score (nSPS) is 12.6. The number of hydrogen-bond acceptors (Lipinski definition) is 4. The van der Waals surface area contributed by atoms with E-state index in [4.69, 9.17) is 5.73 Å². The van der Waals surface area contributed by atoms with Gasteiger partial charge in [-0.3, -0.25) is 4.79 Å². The van der Waals surface area contributed by atoms with Crippen LogP contribution in [0.4, 0.5) is 0 Å². The molecule has 1 amide bonds. The number of carbonyl (C=O) groups is 1. The number of hydrogen-bond donors (Lipinski definition) is 3. The Bertz CT molecular complexity index is 574. The van der Waals surface area contributed by atoms with Crippen molar-refractivity contribution in [1.29, 1.82) is 0 Å².